The smallest absolute Gasteiger partial charge is 0.222 e. The third-order valence-electron chi connectivity index (χ3n) is 4.23. The highest BCUT2D eigenvalue weighted by atomic mass is 32.2. The van der Waals surface area contributed by atoms with Crippen LogP contribution in [0.3, 0.4) is 0 Å². The Labute approximate surface area is 172 Å². The van der Waals surface area contributed by atoms with Gasteiger partial charge in [-0.05, 0) is 42.8 Å². The maximum Gasteiger partial charge on any atom is 0.222 e. The van der Waals surface area contributed by atoms with Crippen molar-refractivity contribution in [3.8, 4) is 17.2 Å². The second-order valence-corrected chi connectivity index (χ2v) is 8.53. The lowest BCUT2D eigenvalue weighted by Gasteiger charge is -2.18. The minimum atomic E-state index is -3.22. The van der Waals surface area contributed by atoms with Crippen LogP contribution in [0.25, 0.3) is 0 Å². The number of hydrogen-bond acceptors (Lipinski definition) is 6. The molecule has 0 aromatic heterocycles. The highest BCUT2D eigenvalue weighted by Gasteiger charge is 2.10. The number of para-hydroxylation sites is 2. The number of nitrogens with zero attached hydrogens (tertiary/aromatic N) is 1. The number of ether oxygens (including phenoxy) is 3. The van der Waals surface area contributed by atoms with Gasteiger partial charge in [0.15, 0.2) is 21.3 Å². The van der Waals surface area contributed by atoms with Crippen LogP contribution in [0, 0.1) is 0 Å². The lowest BCUT2D eigenvalue weighted by atomic mass is 10.3. The molecule has 0 aliphatic heterocycles. The van der Waals surface area contributed by atoms with Gasteiger partial charge in [0.05, 0.1) is 25.2 Å². The minimum absolute atomic E-state index is 0.00431. The van der Waals surface area contributed by atoms with Gasteiger partial charge < -0.3 is 19.1 Å². The molecule has 0 saturated heterocycles. The number of carbonyl (C=O) groups excluding carboxylic acids is 1. The van der Waals surface area contributed by atoms with Crippen molar-refractivity contribution >= 4 is 15.7 Å². The molecule has 7 nitrogen and oxygen atoms in total. The average Bonchev–Trinajstić information content (AvgIpc) is 2.71. The highest BCUT2D eigenvalue weighted by Crippen LogP contribution is 2.25. The summed E-state index contributed by atoms with van der Waals surface area (Å²) in [5.74, 6) is 1.88. The molecule has 0 heterocycles. The van der Waals surface area contributed by atoms with E-state index in [2.05, 4.69) is 0 Å². The van der Waals surface area contributed by atoms with Gasteiger partial charge in [0.2, 0.25) is 5.91 Å². The van der Waals surface area contributed by atoms with Gasteiger partial charge in [0.1, 0.15) is 12.4 Å². The zero-order valence-corrected chi connectivity index (χ0v) is 17.8. The molecule has 0 unspecified atom stereocenters. The van der Waals surface area contributed by atoms with Crippen molar-refractivity contribution in [1.29, 1.82) is 0 Å². The number of carbonyl (C=O) groups is 1. The van der Waals surface area contributed by atoms with Gasteiger partial charge in [-0.15, -0.1) is 0 Å². The van der Waals surface area contributed by atoms with Crippen LogP contribution >= 0.6 is 0 Å². The van der Waals surface area contributed by atoms with E-state index in [0.29, 0.717) is 49.8 Å². The maximum atomic E-state index is 12.2. The molecular weight excluding hydrogens is 394 g/mol. The largest absolute Gasteiger partial charge is 0.494 e. The normalized spacial score (nSPS) is 11.0. The molecule has 0 aliphatic carbocycles. The summed E-state index contributed by atoms with van der Waals surface area (Å²) < 4.78 is 39.3. The quantitative estimate of drug-likeness (QED) is 0.519. The van der Waals surface area contributed by atoms with Gasteiger partial charge >= 0.3 is 0 Å². The lowest BCUT2D eigenvalue weighted by Crippen LogP contribution is -2.31. The van der Waals surface area contributed by atoms with Gasteiger partial charge in [-0.1, -0.05) is 12.1 Å². The minimum Gasteiger partial charge on any atom is -0.494 e. The standard InChI is InChI=1S/C21H27NO6S/c1-22(14-16-28-20-8-5-4-7-19(20)26-2)21(23)9-6-15-27-17-10-12-18(13-11-17)29(3,24)25/h4-5,7-8,10-13H,6,9,14-16H2,1-3H3. The van der Waals surface area contributed by atoms with E-state index in [0.717, 1.165) is 6.26 Å². The van der Waals surface area contributed by atoms with Gasteiger partial charge in [-0.25, -0.2) is 8.42 Å². The second kappa shape index (κ2) is 10.7. The molecule has 0 N–H and O–H groups in total. The number of rotatable bonds is 11. The van der Waals surface area contributed by atoms with Crippen LogP contribution < -0.4 is 14.2 Å². The van der Waals surface area contributed by atoms with E-state index >= 15 is 0 Å². The molecule has 2 aromatic carbocycles. The van der Waals surface area contributed by atoms with Crippen molar-refractivity contribution in [1.82, 2.24) is 4.90 Å². The fraction of sp³-hybridized carbons (Fsp3) is 0.381. The van der Waals surface area contributed by atoms with E-state index in [9.17, 15) is 13.2 Å². The molecule has 0 fully saturated rings. The third kappa shape index (κ3) is 7.30. The first-order valence-electron chi connectivity index (χ1n) is 9.24. The first-order chi connectivity index (χ1) is 13.8. The van der Waals surface area contributed by atoms with E-state index < -0.39 is 9.84 Å². The number of hydrogen-bond donors (Lipinski definition) is 0. The third-order valence-corrected chi connectivity index (χ3v) is 5.36. The molecule has 2 aromatic rings. The number of methoxy groups -OCH3 is 1. The molecule has 0 atom stereocenters. The molecule has 0 saturated carbocycles. The van der Waals surface area contributed by atoms with Crippen LogP contribution in [-0.2, 0) is 14.6 Å². The monoisotopic (exact) mass is 421 g/mol. The predicted molar refractivity (Wildman–Crippen MR) is 110 cm³/mol. The Morgan fingerprint density at radius 3 is 2.24 bits per heavy atom. The van der Waals surface area contributed by atoms with Crippen molar-refractivity contribution in [3.63, 3.8) is 0 Å². The second-order valence-electron chi connectivity index (χ2n) is 6.51. The molecule has 0 radical (unpaired) electrons. The van der Waals surface area contributed by atoms with E-state index in [-0.39, 0.29) is 10.8 Å². The molecule has 29 heavy (non-hydrogen) atoms. The van der Waals surface area contributed by atoms with Gasteiger partial charge in [0, 0.05) is 19.7 Å². The van der Waals surface area contributed by atoms with Crippen molar-refractivity contribution in [2.75, 3.05) is 40.2 Å². The Kier molecular flexibility index (Phi) is 8.33. The van der Waals surface area contributed by atoms with Crippen LogP contribution in [0.2, 0.25) is 0 Å². The molecule has 1 amide bonds. The zero-order valence-electron chi connectivity index (χ0n) is 17.0. The Morgan fingerprint density at radius 2 is 1.62 bits per heavy atom. The van der Waals surface area contributed by atoms with Gasteiger partial charge in [-0.3, -0.25) is 4.79 Å². The van der Waals surface area contributed by atoms with Gasteiger partial charge in [0.25, 0.3) is 0 Å². The summed E-state index contributed by atoms with van der Waals surface area (Å²) in [5.41, 5.74) is 0. The summed E-state index contributed by atoms with van der Waals surface area (Å²) in [4.78, 5) is 14.1. The Hall–Kier alpha value is -2.74. The highest BCUT2D eigenvalue weighted by molar-refractivity contribution is 7.90. The van der Waals surface area contributed by atoms with Crippen molar-refractivity contribution in [2.24, 2.45) is 0 Å². The Balaban J connectivity index is 1.67. The molecule has 0 bridgehead atoms. The number of benzene rings is 2. The van der Waals surface area contributed by atoms with E-state index in [1.165, 1.54) is 12.1 Å². The van der Waals surface area contributed by atoms with E-state index in [4.69, 9.17) is 14.2 Å². The summed E-state index contributed by atoms with van der Waals surface area (Å²) in [7, 11) is 0.100. The van der Waals surface area contributed by atoms with Gasteiger partial charge in [-0.2, -0.15) is 0 Å². The topological polar surface area (TPSA) is 82.1 Å². The predicted octanol–water partition coefficient (Wildman–Crippen LogP) is 2.80. The van der Waals surface area contributed by atoms with E-state index in [1.54, 1.807) is 31.2 Å². The molecule has 2 rings (SSSR count). The average molecular weight is 422 g/mol. The lowest BCUT2D eigenvalue weighted by molar-refractivity contribution is -0.130. The zero-order chi connectivity index (χ0) is 21.3. The molecule has 0 spiro atoms. The molecule has 158 valence electrons. The summed E-state index contributed by atoms with van der Waals surface area (Å²) in [6.07, 6.45) is 2.07. The van der Waals surface area contributed by atoms with Crippen molar-refractivity contribution in [3.05, 3.63) is 48.5 Å². The summed E-state index contributed by atoms with van der Waals surface area (Å²) in [5, 5.41) is 0. The van der Waals surface area contributed by atoms with Crippen LogP contribution in [-0.4, -0.2) is 59.4 Å². The summed E-state index contributed by atoms with van der Waals surface area (Å²) in [6.45, 7) is 1.20. The van der Waals surface area contributed by atoms with Crippen LogP contribution in [0.5, 0.6) is 17.2 Å². The molecule has 0 aliphatic rings. The Morgan fingerprint density at radius 1 is 0.966 bits per heavy atom. The summed E-state index contributed by atoms with van der Waals surface area (Å²) >= 11 is 0. The SMILES string of the molecule is COc1ccccc1OCCN(C)C(=O)CCCOc1ccc(S(C)(=O)=O)cc1. The number of likely N-dealkylation sites (N-methyl/N-ethyl adjacent to an activating group) is 1. The van der Waals surface area contributed by atoms with Crippen LogP contribution in [0.15, 0.2) is 53.4 Å². The maximum absolute atomic E-state index is 12.2. The number of sulfone groups is 1. The van der Waals surface area contributed by atoms with Crippen LogP contribution in [0.4, 0.5) is 0 Å². The molecule has 8 heteroatoms. The fourth-order valence-electron chi connectivity index (χ4n) is 2.54. The fourth-order valence-corrected chi connectivity index (χ4v) is 3.17. The molecular formula is C21H27NO6S. The van der Waals surface area contributed by atoms with Crippen molar-refractivity contribution in [2.45, 2.75) is 17.7 Å². The first kappa shape index (κ1) is 22.5. The summed E-state index contributed by atoms with van der Waals surface area (Å²) in [6, 6.07) is 13.6. The van der Waals surface area contributed by atoms with Crippen molar-refractivity contribution < 1.29 is 27.4 Å². The first-order valence-corrected chi connectivity index (χ1v) is 11.1. The number of amides is 1. The Bertz CT molecular complexity index is 896. The van der Waals surface area contributed by atoms with Crippen LogP contribution in [0.1, 0.15) is 12.8 Å². The van der Waals surface area contributed by atoms with E-state index in [1.807, 2.05) is 24.3 Å².